The van der Waals surface area contributed by atoms with Crippen molar-refractivity contribution in [3.8, 4) is 5.75 Å². The van der Waals surface area contributed by atoms with Crippen LogP contribution in [0.25, 0.3) is 5.57 Å². The fourth-order valence-corrected chi connectivity index (χ4v) is 1.02. The van der Waals surface area contributed by atoms with Gasteiger partial charge in [0.1, 0.15) is 5.75 Å². The van der Waals surface area contributed by atoms with Gasteiger partial charge < -0.3 is 4.74 Å². The van der Waals surface area contributed by atoms with Gasteiger partial charge in [0.25, 0.3) is 0 Å². The van der Waals surface area contributed by atoms with E-state index in [1.54, 1.807) is 25.1 Å². The van der Waals surface area contributed by atoms with Gasteiger partial charge >= 0.3 is 6.61 Å². The number of ether oxygens (including phenoxy) is 1. The highest BCUT2D eigenvalue weighted by atomic mass is 19.3. The Morgan fingerprint density at radius 2 is 2.00 bits per heavy atom. The Kier molecular flexibility index (Phi) is 3.01. The first kappa shape index (κ1) is 9.71. The van der Waals surface area contributed by atoms with Crippen LogP contribution in [0.1, 0.15) is 12.5 Å². The zero-order valence-electron chi connectivity index (χ0n) is 7.26. The second kappa shape index (κ2) is 4.03. The Balaban J connectivity index is 2.98. The summed E-state index contributed by atoms with van der Waals surface area (Å²) in [4.78, 5) is 0. The summed E-state index contributed by atoms with van der Waals surface area (Å²) >= 11 is 0. The molecule has 0 heterocycles. The van der Waals surface area contributed by atoms with Gasteiger partial charge in [0.2, 0.25) is 0 Å². The van der Waals surface area contributed by atoms with Crippen molar-refractivity contribution < 1.29 is 13.5 Å². The van der Waals surface area contributed by atoms with Crippen molar-refractivity contribution >= 4 is 5.57 Å². The third-order valence-electron chi connectivity index (χ3n) is 1.56. The van der Waals surface area contributed by atoms with E-state index in [0.717, 1.165) is 0 Å². The molecule has 13 heavy (non-hydrogen) atoms. The van der Waals surface area contributed by atoms with Crippen LogP contribution in [-0.2, 0) is 0 Å². The zero-order chi connectivity index (χ0) is 9.84. The predicted molar refractivity (Wildman–Crippen MR) is 47.8 cm³/mol. The van der Waals surface area contributed by atoms with Crippen LogP contribution in [0.5, 0.6) is 5.75 Å². The summed E-state index contributed by atoms with van der Waals surface area (Å²) in [7, 11) is 0. The first-order valence-electron chi connectivity index (χ1n) is 3.81. The molecule has 0 spiro atoms. The van der Waals surface area contributed by atoms with Gasteiger partial charge in [-0.25, -0.2) is 0 Å². The van der Waals surface area contributed by atoms with Crippen molar-refractivity contribution in [1.29, 1.82) is 0 Å². The topological polar surface area (TPSA) is 9.23 Å². The molecule has 0 radical (unpaired) electrons. The third kappa shape index (κ3) is 2.54. The standard InChI is InChI=1S/C10H10F2O/c1-7(2)8-5-3-4-6-9(8)13-10(11)12/h3-6,10H,1H2,2H3. The van der Waals surface area contributed by atoms with E-state index >= 15 is 0 Å². The minimum absolute atomic E-state index is 0.171. The van der Waals surface area contributed by atoms with E-state index in [9.17, 15) is 8.78 Å². The molecule has 0 aliphatic heterocycles. The number of para-hydroxylation sites is 1. The highest BCUT2D eigenvalue weighted by Gasteiger charge is 2.08. The summed E-state index contributed by atoms with van der Waals surface area (Å²) in [5.74, 6) is 0.171. The maximum Gasteiger partial charge on any atom is 0.387 e. The van der Waals surface area contributed by atoms with Crippen molar-refractivity contribution in [3.05, 3.63) is 36.4 Å². The predicted octanol–water partition coefficient (Wildman–Crippen LogP) is 3.32. The SMILES string of the molecule is C=C(C)c1ccccc1OC(F)F. The molecule has 0 atom stereocenters. The maximum atomic E-state index is 11.9. The van der Waals surface area contributed by atoms with Crippen molar-refractivity contribution in [3.63, 3.8) is 0 Å². The lowest BCUT2D eigenvalue weighted by atomic mass is 10.1. The van der Waals surface area contributed by atoms with Crippen LogP contribution in [0.3, 0.4) is 0 Å². The van der Waals surface area contributed by atoms with Crippen LogP contribution in [0.15, 0.2) is 30.8 Å². The Morgan fingerprint density at radius 3 is 2.54 bits per heavy atom. The molecule has 1 aromatic carbocycles. The molecular formula is C10H10F2O. The molecule has 1 aromatic rings. The van der Waals surface area contributed by atoms with Crippen molar-refractivity contribution in [2.75, 3.05) is 0 Å². The van der Waals surface area contributed by atoms with Crippen molar-refractivity contribution in [2.24, 2.45) is 0 Å². The lowest BCUT2D eigenvalue weighted by Crippen LogP contribution is -2.03. The summed E-state index contributed by atoms with van der Waals surface area (Å²) in [6.45, 7) is 2.62. The molecule has 1 nitrogen and oxygen atoms in total. The quantitative estimate of drug-likeness (QED) is 0.700. The first-order valence-corrected chi connectivity index (χ1v) is 3.81. The monoisotopic (exact) mass is 184 g/mol. The Hall–Kier alpha value is -1.38. The van der Waals surface area contributed by atoms with E-state index in [2.05, 4.69) is 11.3 Å². The van der Waals surface area contributed by atoms with Gasteiger partial charge in [-0.3, -0.25) is 0 Å². The fraction of sp³-hybridized carbons (Fsp3) is 0.200. The number of allylic oxidation sites excluding steroid dienone is 1. The molecule has 0 aromatic heterocycles. The van der Waals surface area contributed by atoms with Crippen LogP contribution >= 0.6 is 0 Å². The molecule has 1 rings (SSSR count). The largest absolute Gasteiger partial charge is 0.434 e. The van der Waals surface area contributed by atoms with E-state index in [-0.39, 0.29) is 5.75 Å². The average molecular weight is 184 g/mol. The number of halogens is 2. The fourth-order valence-electron chi connectivity index (χ4n) is 1.02. The van der Waals surface area contributed by atoms with Crippen molar-refractivity contribution in [2.45, 2.75) is 13.5 Å². The number of alkyl halides is 2. The van der Waals surface area contributed by atoms with Crippen LogP contribution in [0, 0.1) is 0 Å². The minimum atomic E-state index is -2.79. The Morgan fingerprint density at radius 1 is 1.38 bits per heavy atom. The van der Waals surface area contributed by atoms with E-state index < -0.39 is 6.61 Å². The van der Waals surface area contributed by atoms with Gasteiger partial charge in [0.05, 0.1) is 0 Å². The van der Waals surface area contributed by atoms with Crippen LogP contribution in [0.4, 0.5) is 8.78 Å². The van der Waals surface area contributed by atoms with Crippen LogP contribution < -0.4 is 4.74 Å². The second-order valence-corrected chi connectivity index (χ2v) is 2.65. The van der Waals surface area contributed by atoms with Crippen LogP contribution in [-0.4, -0.2) is 6.61 Å². The molecule has 0 amide bonds. The van der Waals surface area contributed by atoms with Gasteiger partial charge in [-0.2, -0.15) is 8.78 Å². The summed E-state index contributed by atoms with van der Waals surface area (Å²) in [6, 6.07) is 6.59. The second-order valence-electron chi connectivity index (χ2n) is 2.65. The normalized spacial score (nSPS) is 10.2. The Bertz CT molecular complexity index is 308. The number of hydrogen-bond acceptors (Lipinski definition) is 1. The lowest BCUT2D eigenvalue weighted by molar-refractivity contribution is -0.0500. The number of benzene rings is 1. The molecule has 3 heteroatoms. The summed E-state index contributed by atoms with van der Waals surface area (Å²) in [5.41, 5.74) is 1.32. The van der Waals surface area contributed by atoms with Crippen molar-refractivity contribution in [1.82, 2.24) is 0 Å². The zero-order valence-corrected chi connectivity index (χ0v) is 7.26. The van der Waals surface area contributed by atoms with Gasteiger partial charge in [-0.15, -0.1) is 0 Å². The molecular weight excluding hydrogens is 174 g/mol. The maximum absolute atomic E-state index is 11.9. The van der Waals surface area contributed by atoms with E-state index in [0.29, 0.717) is 11.1 Å². The molecule has 0 N–H and O–H groups in total. The molecule has 0 bridgehead atoms. The summed E-state index contributed by atoms with van der Waals surface area (Å²) < 4.78 is 28.1. The molecule has 0 fully saturated rings. The third-order valence-corrected chi connectivity index (χ3v) is 1.56. The van der Waals surface area contributed by atoms with Gasteiger partial charge in [-0.05, 0) is 18.6 Å². The number of hydrogen-bond donors (Lipinski definition) is 0. The highest BCUT2D eigenvalue weighted by molar-refractivity contribution is 5.66. The van der Waals surface area contributed by atoms with Gasteiger partial charge in [0, 0.05) is 5.56 Å². The molecule has 0 saturated carbocycles. The summed E-state index contributed by atoms with van der Waals surface area (Å²) in [5, 5.41) is 0. The van der Waals surface area contributed by atoms with E-state index in [4.69, 9.17) is 0 Å². The van der Waals surface area contributed by atoms with Gasteiger partial charge in [0.15, 0.2) is 0 Å². The molecule has 0 saturated heterocycles. The van der Waals surface area contributed by atoms with Gasteiger partial charge in [-0.1, -0.05) is 24.8 Å². The average Bonchev–Trinajstić information content (AvgIpc) is 2.03. The highest BCUT2D eigenvalue weighted by Crippen LogP contribution is 2.25. The van der Waals surface area contributed by atoms with Crippen LogP contribution in [0.2, 0.25) is 0 Å². The van der Waals surface area contributed by atoms with E-state index in [1.807, 2.05) is 0 Å². The lowest BCUT2D eigenvalue weighted by Gasteiger charge is -2.09. The first-order chi connectivity index (χ1) is 6.11. The minimum Gasteiger partial charge on any atom is -0.434 e. The molecule has 0 unspecified atom stereocenters. The molecule has 70 valence electrons. The van der Waals surface area contributed by atoms with E-state index in [1.165, 1.54) is 6.07 Å². The molecule has 0 aliphatic rings. The Labute approximate surface area is 75.6 Å². The molecule has 0 aliphatic carbocycles. The smallest absolute Gasteiger partial charge is 0.387 e. The summed E-state index contributed by atoms with van der Waals surface area (Å²) in [6.07, 6.45) is 0. The number of rotatable bonds is 3.